The van der Waals surface area contributed by atoms with E-state index >= 15 is 0 Å². The molecule has 0 spiro atoms. The maximum absolute atomic E-state index is 13.5. The molecule has 3 aromatic carbocycles. The number of esters is 1. The Hall–Kier alpha value is -3.40. The van der Waals surface area contributed by atoms with Gasteiger partial charge >= 0.3 is 5.97 Å². The van der Waals surface area contributed by atoms with Gasteiger partial charge in [-0.25, -0.2) is 9.78 Å². The number of nitrogens with zero attached hydrogens (tertiary/aromatic N) is 2. The molecule has 3 aliphatic rings. The smallest absolute Gasteiger partial charge is 0.339 e. The van der Waals surface area contributed by atoms with Crippen LogP contribution in [0.4, 0.5) is 5.69 Å². The number of hydrogen-bond donors (Lipinski definition) is 0. The van der Waals surface area contributed by atoms with Crippen LogP contribution in [0.5, 0.6) is 0 Å². The van der Waals surface area contributed by atoms with Crippen molar-refractivity contribution in [1.29, 1.82) is 0 Å². The Labute approximate surface area is 275 Å². The minimum absolute atomic E-state index is 0.138. The molecule has 0 N–H and O–H groups in total. The number of benzene rings is 3. The van der Waals surface area contributed by atoms with Crippen molar-refractivity contribution < 1.29 is 23.9 Å². The van der Waals surface area contributed by atoms with Gasteiger partial charge in [-0.1, -0.05) is 67.2 Å². The maximum Gasteiger partial charge on any atom is 0.339 e. The van der Waals surface area contributed by atoms with E-state index < -0.39 is 12.6 Å². The lowest BCUT2D eigenvalue weighted by Gasteiger charge is -2.28. The van der Waals surface area contributed by atoms with Gasteiger partial charge in [0, 0.05) is 31.2 Å². The number of amides is 2. The highest BCUT2D eigenvalue weighted by molar-refractivity contribution is 9.12. The minimum atomic E-state index is -0.646. The number of carbonyl (C=O) groups excluding carboxylic acids is 4. The number of Topliss-reactive ketones (excluding diaryl/α,β-unsaturated/α-hetero) is 1. The number of aryl methyl sites for hydroxylation is 1. The van der Waals surface area contributed by atoms with E-state index in [1.54, 1.807) is 54.6 Å². The van der Waals surface area contributed by atoms with Crippen LogP contribution in [0.25, 0.3) is 22.2 Å². The molecule has 1 aromatic heterocycles. The third-order valence-electron chi connectivity index (χ3n) is 9.09. The number of hydrogen-bond acceptors (Lipinski definition) is 6. The molecule has 7 rings (SSSR count). The van der Waals surface area contributed by atoms with Crippen molar-refractivity contribution in [3.63, 3.8) is 0 Å². The number of fused-ring (bicyclic) bond motifs is 6. The van der Waals surface area contributed by atoms with Gasteiger partial charge in [-0.15, -0.1) is 0 Å². The monoisotopic (exact) mass is 734 g/mol. The molecule has 3 fully saturated rings. The third-order valence-corrected chi connectivity index (χ3v) is 12.6. The number of imide groups is 1. The molecule has 4 aromatic rings. The molecule has 2 aliphatic carbocycles. The van der Waals surface area contributed by atoms with Crippen molar-refractivity contribution in [2.45, 2.75) is 23.0 Å². The van der Waals surface area contributed by atoms with E-state index in [1.165, 1.54) is 4.90 Å². The first-order chi connectivity index (χ1) is 21.1. The highest BCUT2D eigenvalue weighted by atomic mass is 79.9. The van der Waals surface area contributed by atoms with Crippen LogP contribution in [-0.2, 0) is 14.3 Å². The Kier molecular flexibility index (Phi) is 7.46. The van der Waals surface area contributed by atoms with E-state index in [0.717, 1.165) is 12.0 Å². The van der Waals surface area contributed by atoms with Crippen LogP contribution >= 0.6 is 43.5 Å². The first-order valence-corrected chi connectivity index (χ1v) is 16.5. The second-order valence-electron chi connectivity index (χ2n) is 11.6. The molecule has 10 heteroatoms. The van der Waals surface area contributed by atoms with Crippen LogP contribution in [-0.4, -0.2) is 44.8 Å². The number of ether oxygens (including phenoxy) is 1. The molecule has 6 atom stereocenters. The Bertz CT molecular complexity index is 1830. The summed E-state index contributed by atoms with van der Waals surface area (Å²) in [6, 6.07) is 20.7. The second kappa shape index (κ2) is 11.2. The van der Waals surface area contributed by atoms with Crippen molar-refractivity contribution in [1.82, 2.24) is 4.98 Å². The summed E-state index contributed by atoms with van der Waals surface area (Å²) in [4.78, 5) is 59.4. The third kappa shape index (κ3) is 4.80. The Morgan fingerprint density at radius 3 is 2.18 bits per heavy atom. The maximum atomic E-state index is 13.5. The molecule has 2 amide bonds. The zero-order chi connectivity index (χ0) is 30.9. The van der Waals surface area contributed by atoms with Gasteiger partial charge in [0.05, 0.1) is 34.3 Å². The summed E-state index contributed by atoms with van der Waals surface area (Å²) in [7, 11) is 0. The van der Waals surface area contributed by atoms with Crippen LogP contribution in [0.1, 0.15) is 32.7 Å². The van der Waals surface area contributed by atoms with E-state index in [4.69, 9.17) is 21.3 Å². The average molecular weight is 737 g/mol. The van der Waals surface area contributed by atoms with Gasteiger partial charge in [-0.3, -0.25) is 19.3 Å². The quantitative estimate of drug-likeness (QED) is 0.0902. The van der Waals surface area contributed by atoms with Gasteiger partial charge in [0.15, 0.2) is 12.4 Å². The van der Waals surface area contributed by atoms with Gasteiger partial charge in [-0.2, -0.15) is 0 Å². The van der Waals surface area contributed by atoms with Gasteiger partial charge < -0.3 is 4.74 Å². The van der Waals surface area contributed by atoms with Crippen LogP contribution in [0.3, 0.4) is 0 Å². The summed E-state index contributed by atoms with van der Waals surface area (Å²) in [5.41, 5.74) is 3.94. The van der Waals surface area contributed by atoms with Gasteiger partial charge in [0.2, 0.25) is 11.8 Å². The fraction of sp³-hybridized carbons (Fsp3) is 0.265. The number of halogens is 3. The lowest BCUT2D eigenvalue weighted by Crippen LogP contribution is -2.37. The molecule has 1 saturated heterocycles. The Morgan fingerprint density at radius 1 is 0.909 bits per heavy atom. The zero-order valence-corrected chi connectivity index (χ0v) is 27.3. The van der Waals surface area contributed by atoms with Gasteiger partial charge in [0.25, 0.3) is 0 Å². The summed E-state index contributed by atoms with van der Waals surface area (Å²) in [5.74, 6) is -1.58. The highest BCUT2D eigenvalue weighted by Crippen LogP contribution is 2.60. The molecule has 6 unspecified atom stereocenters. The van der Waals surface area contributed by atoms with E-state index in [9.17, 15) is 19.2 Å². The fourth-order valence-electron chi connectivity index (χ4n) is 6.97. The molecular weight excluding hydrogens is 712 g/mol. The Morgan fingerprint density at radius 2 is 1.55 bits per heavy atom. The van der Waals surface area contributed by atoms with E-state index in [0.29, 0.717) is 38.4 Å². The van der Waals surface area contributed by atoms with Crippen LogP contribution in [0, 0.1) is 30.6 Å². The minimum Gasteiger partial charge on any atom is -0.454 e. The first-order valence-electron chi connectivity index (χ1n) is 14.3. The number of carbonyl (C=O) groups is 4. The van der Waals surface area contributed by atoms with Crippen molar-refractivity contribution in [2.24, 2.45) is 23.7 Å². The standard InChI is InChI=1S/C34H25Br2ClN2O5/c1-16-2-11-25-21(12-16)22(34(43)44-15-27(40)18-3-7-19(37)8-4-18)14-26(38-25)17-5-9-20(10-6-17)39-32(41)28-23-13-24(29(28)33(39)42)31(36)30(23)35/h2-12,14,23-24,28-31H,13,15H2,1H3. The molecule has 2 bridgehead atoms. The van der Waals surface area contributed by atoms with Gasteiger partial charge in [0.1, 0.15) is 0 Å². The molecular formula is C34H25Br2ClN2O5. The SMILES string of the molecule is Cc1ccc2nc(-c3ccc(N4C(=O)C5C6CC(C(Br)C6Br)C5C4=O)cc3)cc(C(=O)OCC(=O)c3ccc(Cl)cc3)c2c1. The van der Waals surface area contributed by atoms with Crippen molar-refractivity contribution >= 4 is 83.6 Å². The van der Waals surface area contributed by atoms with Crippen LogP contribution in [0.2, 0.25) is 5.02 Å². The lowest BCUT2D eigenvalue weighted by atomic mass is 9.81. The molecule has 2 saturated carbocycles. The molecule has 0 radical (unpaired) electrons. The molecule has 7 nitrogen and oxygen atoms in total. The largest absolute Gasteiger partial charge is 0.454 e. The van der Waals surface area contributed by atoms with Crippen molar-refractivity contribution in [3.8, 4) is 11.3 Å². The van der Waals surface area contributed by atoms with Crippen molar-refractivity contribution in [3.05, 3.63) is 94.5 Å². The summed E-state index contributed by atoms with van der Waals surface area (Å²) in [6.07, 6.45) is 0.874. The number of anilines is 1. The predicted molar refractivity (Wildman–Crippen MR) is 174 cm³/mol. The first kappa shape index (κ1) is 29.3. The highest BCUT2D eigenvalue weighted by Gasteiger charge is 2.66. The van der Waals surface area contributed by atoms with E-state index in [-0.39, 0.29) is 56.5 Å². The van der Waals surface area contributed by atoms with Crippen molar-refractivity contribution in [2.75, 3.05) is 11.5 Å². The molecule has 44 heavy (non-hydrogen) atoms. The van der Waals surface area contributed by atoms with E-state index in [1.807, 2.05) is 25.1 Å². The topological polar surface area (TPSA) is 93.6 Å². The van der Waals surface area contributed by atoms with Crippen LogP contribution in [0.15, 0.2) is 72.8 Å². The summed E-state index contributed by atoms with van der Waals surface area (Å²) >= 11 is 13.4. The average Bonchev–Trinajstić information content (AvgIpc) is 3.64. The molecule has 1 aliphatic heterocycles. The molecule has 222 valence electrons. The second-order valence-corrected chi connectivity index (χ2v) is 14.2. The van der Waals surface area contributed by atoms with E-state index in [2.05, 4.69) is 31.9 Å². The fourth-order valence-corrected chi connectivity index (χ4v) is 8.97. The number of ketones is 1. The zero-order valence-electron chi connectivity index (χ0n) is 23.4. The Balaban J connectivity index is 1.16. The number of pyridine rings is 1. The van der Waals surface area contributed by atoms with Crippen LogP contribution < -0.4 is 4.90 Å². The number of rotatable bonds is 6. The predicted octanol–water partition coefficient (Wildman–Crippen LogP) is 7.19. The number of alkyl halides is 2. The molecule has 2 heterocycles. The lowest BCUT2D eigenvalue weighted by molar-refractivity contribution is -0.123. The summed E-state index contributed by atoms with van der Waals surface area (Å²) < 4.78 is 5.46. The number of aromatic nitrogens is 1. The summed E-state index contributed by atoms with van der Waals surface area (Å²) in [5, 5.41) is 1.12. The summed E-state index contributed by atoms with van der Waals surface area (Å²) in [6.45, 7) is 1.50. The van der Waals surface area contributed by atoms with Gasteiger partial charge in [-0.05, 0) is 79.8 Å². The normalized spacial score (nSPS) is 25.5.